The van der Waals surface area contributed by atoms with E-state index in [1.807, 2.05) is 18.3 Å². The highest BCUT2D eigenvalue weighted by molar-refractivity contribution is 5.52. The average molecular weight is 277 g/mol. The summed E-state index contributed by atoms with van der Waals surface area (Å²) < 4.78 is 5.49. The van der Waals surface area contributed by atoms with Gasteiger partial charge in [0, 0.05) is 18.8 Å². The summed E-state index contributed by atoms with van der Waals surface area (Å²) in [5.74, 6) is 1.85. The highest BCUT2D eigenvalue weighted by atomic mass is 16.5. The molecular weight excluding hydrogens is 250 g/mol. The number of methoxy groups -OCH3 is 1. The molecule has 0 aliphatic heterocycles. The Hall–Kier alpha value is -1.29. The van der Waals surface area contributed by atoms with Crippen LogP contribution in [-0.2, 0) is 0 Å². The van der Waals surface area contributed by atoms with E-state index in [2.05, 4.69) is 9.88 Å². The number of anilines is 1. The Balaban J connectivity index is 2.20. The SMILES string of the molecule is COc1cccnc1N(CCCN)C1CCCCCC1. The van der Waals surface area contributed by atoms with Gasteiger partial charge in [0.25, 0.3) is 0 Å². The van der Waals surface area contributed by atoms with Crippen LogP contribution in [-0.4, -0.2) is 31.2 Å². The molecule has 1 saturated carbocycles. The van der Waals surface area contributed by atoms with Crippen LogP contribution in [0, 0.1) is 0 Å². The Bertz CT molecular complexity index is 389. The lowest BCUT2D eigenvalue weighted by Gasteiger charge is -2.33. The van der Waals surface area contributed by atoms with Crippen LogP contribution in [0.5, 0.6) is 5.75 Å². The normalized spacial score (nSPS) is 16.7. The molecule has 2 N–H and O–H groups in total. The molecule has 4 nitrogen and oxygen atoms in total. The number of hydrogen-bond donors (Lipinski definition) is 1. The van der Waals surface area contributed by atoms with Crippen LogP contribution in [0.2, 0.25) is 0 Å². The molecule has 0 unspecified atom stereocenters. The Morgan fingerprint density at radius 1 is 1.30 bits per heavy atom. The average Bonchev–Trinajstić information content (AvgIpc) is 2.77. The summed E-state index contributed by atoms with van der Waals surface area (Å²) >= 11 is 0. The van der Waals surface area contributed by atoms with E-state index in [-0.39, 0.29) is 0 Å². The van der Waals surface area contributed by atoms with Crippen molar-refractivity contribution in [3.05, 3.63) is 18.3 Å². The standard InChI is InChI=1S/C16H27N3O/c1-20-15-10-6-12-18-16(15)19(13-7-11-17)14-8-4-2-3-5-9-14/h6,10,12,14H,2-5,7-9,11,13,17H2,1H3. The van der Waals surface area contributed by atoms with Gasteiger partial charge in [-0.05, 0) is 37.9 Å². The van der Waals surface area contributed by atoms with Gasteiger partial charge in [-0.2, -0.15) is 0 Å². The fourth-order valence-electron chi connectivity index (χ4n) is 3.05. The minimum atomic E-state index is 0.577. The molecule has 0 amide bonds. The van der Waals surface area contributed by atoms with Gasteiger partial charge in [0.1, 0.15) is 0 Å². The van der Waals surface area contributed by atoms with Gasteiger partial charge in [-0.15, -0.1) is 0 Å². The molecule has 0 bridgehead atoms. The van der Waals surface area contributed by atoms with Crippen molar-refractivity contribution in [1.29, 1.82) is 0 Å². The molecule has 0 aromatic carbocycles. The summed E-state index contributed by atoms with van der Waals surface area (Å²) in [4.78, 5) is 7.00. The van der Waals surface area contributed by atoms with Crippen molar-refractivity contribution in [3.8, 4) is 5.75 Å². The first-order valence-corrected chi connectivity index (χ1v) is 7.82. The summed E-state index contributed by atoms with van der Waals surface area (Å²) in [6.07, 6.45) is 10.7. The molecule has 2 rings (SSSR count). The molecule has 1 aromatic rings. The maximum atomic E-state index is 5.71. The second-order valence-corrected chi connectivity index (χ2v) is 5.51. The first-order chi connectivity index (χ1) is 9.86. The van der Waals surface area contributed by atoms with E-state index in [9.17, 15) is 0 Å². The number of nitrogens with two attached hydrogens (primary N) is 1. The monoisotopic (exact) mass is 277 g/mol. The molecule has 1 aromatic heterocycles. The van der Waals surface area contributed by atoms with E-state index in [0.717, 1.165) is 31.1 Å². The Kier molecular flexibility index (Phi) is 6.12. The lowest BCUT2D eigenvalue weighted by atomic mass is 10.1. The van der Waals surface area contributed by atoms with Crippen molar-refractivity contribution < 1.29 is 4.74 Å². The zero-order valence-electron chi connectivity index (χ0n) is 12.6. The largest absolute Gasteiger partial charge is 0.493 e. The number of nitrogens with zero attached hydrogens (tertiary/aromatic N) is 2. The van der Waals surface area contributed by atoms with Crippen molar-refractivity contribution in [1.82, 2.24) is 4.98 Å². The molecule has 0 spiro atoms. The number of rotatable bonds is 6. The third-order valence-corrected chi connectivity index (χ3v) is 4.11. The fourth-order valence-corrected chi connectivity index (χ4v) is 3.05. The van der Waals surface area contributed by atoms with Gasteiger partial charge < -0.3 is 15.4 Å². The third kappa shape index (κ3) is 3.85. The van der Waals surface area contributed by atoms with Crippen molar-refractivity contribution in [2.75, 3.05) is 25.1 Å². The van der Waals surface area contributed by atoms with Gasteiger partial charge in [0.2, 0.25) is 0 Å². The summed E-state index contributed by atoms with van der Waals surface area (Å²) in [5.41, 5.74) is 5.71. The molecular formula is C16H27N3O. The lowest BCUT2D eigenvalue weighted by molar-refractivity contribution is 0.407. The summed E-state index contributed by atoms with van der Waals surface area (Å²) in [6.45, 7) is 1.69. The predicted molar refractivity (Wildman–Crippen MR) is 83.3 cm³/mol. The summed E-state index contributed by atoms with van der Waals surface area (Å²) in [5, 5.41) is 0. The van der Waals surface area contributed by atoms with E-state index in [1.165, 1.54) is 38.5 Å². The number of pyridine rings is 1. The maximum absolute atomic E-state index is 5.71. The molecule has 20 heavy (non-hydrogen) atoms. The summed E-state index contributed by atoms with van der Waals surface area (Å²) in [6, 6.07) is 4.50. The van der Waals surface area contributed by atoms with E-state index >= 15 is 0 Å². The topological polar surface area (TPSA) is 51.4 Å². The van der Waals surface area contributed by atoms with Crippen LogP contribution >= 0.6 is 0 Å². The van der Waals surface area contributed by atoms with Crippen LogP contribution in [0.15, 0.2) is 18.3 Å². The molecule has 0 radical (unpaired) electrons. The second-order valence-electron chi connectivity index (χ2n) is 5.51. The van der Waals surface area contributed by atoms with Crippen molar-refractivity contribution >= 4 is 5.82 Å². The van der Waals surface area contributed by atoms with Gasteiger partial charge in [-0.1, -0.05) is 25.7 Å². The minimum Gasteiger partial charge on any atom is -0.493 e. The highest BCUT2D eigenvalue weighted by Crippen LogP contribution is 2.31. The Morgan fingerprint density at radius 3 is 2.70 bits per heavy atom. The van der Waals surface area contributed by atoms with E-state index < -0.39 is 0 Å². The van der Waals surface area contributed by atoms with Gasteiger partial charge in [0.05, 0.1) is 7.11 Å². The molecule has 1 aliphatic carbocycles. The third-order valence-electron chi connectivity index (χ3n) is 4.11. The Labute approximate surface area is 122 Å². The van der Waals surface area contributed by atoms with Crippen LogP contribution in [0.3, 0.4) is 0 Å². The zero-order valence-corrected chi connectivity index (χ0v) is 12.6. The number of ether oxygens (including phenoxy) is 1. The first kappa shape index (κ1) is 15.1. The van der Waals surface area contributed by atoms with Gasteiger partial charge in [-0.3, -0.25) is 0 Å². The van der Waals surface area contributed by atoms with Gasteiger partial charge in [-0.25, -0.2) is 4.98 Å². The molecule has 0 saturated heterocycles. The second kappa shape index (κ2) is 8.10. The highest BCUT2D eigenvalue weighted by Gasteiger charge is 2.23. The van der Waals surface area contributed by atoms with Crippen molar-refractivity contribution in [2.24, 2.45) is 5.73 Å². The fraction of sp³-hybridized carbons (Fsp3) is 0.688. The lowest BCUT2D eigenvalue weighted by Crippen LogP contribution is -2.37. The minimum absolute atomic E-state index is 0.577. The molecule has 1 fully saturated rings. The first-order valence-electron chi connectivity index (χ1n) is 7.82. The molecule has 4 heteroatoms. The summed E-state index contributed by atoms with van der Waals surface area (Å²) in [7, 11) is 1.72. The van der Waals surface area contributed by atoms with E-state index in [4.69, 9.17) is 10.5 Å². The predicted octanol–water partition coefficient (Wildman–Crippen LogP) is 2.97. The number of aromatic nitrogens is 1. The van der Waals surface area contributed by atoms with Crippen LogP contribution in [0.1, 0.15) is 44.9 Å². The Morgan fingerprint density at radius 2 is 2.05 bits per heavy atom. The molecule has 112 valence electrons. The molecule has 1 heterocycles. The quantitative estimate of drug-likeness (QED) is 0.812. The van der Waals surface area contributed by atoms with Gasteiger partial charge >= 0.3 is 0 Å². The van der Waals surface area contributed by atoms with Crippen molar-refractivity contribution in [2.45, 2.75) is 51.0 Å². The smallest absolute Gasteiger partial charge is 0.171 e. The van der Waals surface area contributed by atoms with Crippen LogP contribution in [0.4, 0.5) is 5.82 Å². The maximum Gasteiger partial charge on any atom is 0.171 e. The van der Waals surface area contributed by atoms with Crippen LogP contribution < -0.4 is 15.4 Å². The van der Waals surface area contributed by atoms with Crippen LogP contribution in [0.25, 0.3) is 0 Å². The van der Waals surface area contributed by atoms with Crippen molar-refractivity contribution in [3.63, 3.8) is 0 Å². The van der Waals surface area contributed by atoms with E-state index in [0.29, 0.717) is 6.04 Å². The zero-order chi connectivity index (χ0) is 14.2. The molecule has 0 atom stereocenters. The molecule has 1 aliphatic rings. The number of hydrogen-bond acceptors (Lipinski definition) is 4. The van der Waals surface area contributed by atoms with Gasteiger partial charge in [0.15, 0.2) is 11.6 Å². The van der Waals surface area contributed by atoms with E-state index in [1.54, 1.807) is 7.11 Å².